The highest BCUT2D eigenvalue weighted by Crippen LogP contribution is 2.17. The monoisotopic (exact) mass is 472 g/mol. The maximum Gasteiger partial charge on any atom is 0.376 e. The molecule has 0 radical (unpaired) electrons. The Kier molecular flexibility index (Phi) is 6.30. The predicted molar refractivity (Wildman–Crippen MR) is 113 cm³/mol. The minimum atomic E-state index is -0.790. The predicted octanol–water partition coefficient (Wildman–Crippen LogP) is 2.62. The molecular weight excluding hydrogens is 453 g/mol. The molecule has 0 aliphatic carbocycles. The molecule has 0 aliphatic heterocycles. The average molecular weight is 472 g/mol. The van der Waals surface area contributed by atoms with E-state index in [0.717, 1.165) is 33.8 Å². The third-order valence-corrected chi connectivity index (χ3v) is 5.13. The Hall–Kier alpha value is -4.22. The second-order valence-corrected chi connectivity index (χ2v) is 7.31. The van der Waals surface area contributed by atoms with Crippen LogP contribution in [0.3, 0.4) is 0 Å². The maximum absolute atomic E-state index is 14.9. The number of aromatic nitrogens is 6. The van der Waals surface area contributed by atoms with Crippen LogP contribution in [0, 0.1) is 24.4 Å². The molecule has 0 amide bonds. The smallest absolute Gasteiger partial charge is 0.376 e. The summed E-state index contributed by atoms with van der Waals surface area (Å²) < 4.78 is 51.1. The Labute approximate surface area is 191 Å². The zero-order valence-corrected chi connectivity index (χ0v) is 18.2. The van der Waals surface area contributed by atoms with Crippen LogP contribution < -0.4 is 5.69 Å². The number of esters is 1. The number of hydrogen-bond donors (Lipinski definition) is 0. The van der Waals surface area contributed by atoms with Gasteiger partial charge >= 0.3 is 11.7 Å². The molecule has 0 fully saturated rings. The standard InChI is InChI=1S/C22H19F3N6O3/c1-3-34-21(32)20-28-27-13(2)30(20)10-14-7-8-15(9-19(14)25)31-22(33)29(12-26-31)11-16-17(23)5-4-6-18(16)24/h4-9,12H,3,10-11H2,1-2H3. The summed E-state index contributed by atoms with van der Waals surface area (Å²) in [4.78, 5) is 24.8. The van der Waals surface area contributed by atoms with Crippen LogP contribution in [0.5, 0.6) is 0 Å². The third kappa shape index (κ3) is 4.34. The summed E-state index contributed by atoms with van der Waals surface area (Å²) in [6.45, 7) is 3.00. The van der Waals surface area contributed by atoms with Gasteiger partial charge in [-0.05, 0) is 32.0 Å². The van der Waals surface area contributed by atoms with E-state index in [1.807, 2.05) is 0 Å². The first kappa shape index (κ1) is 23.0. The Morgan fingerprint density at radius 1 is 1.03 bits per heavy atom. The van der Waals surface area contributed by atoms with Crippen LogP contribution in [-0.4, -0.2) is 41.7 Å². The first-order valence-corrected chi connectivity index (χ1v) is 10.2. The molecule has 0 spiro atoms. The second-order valence-electron chi connectivity index (χ2n) is 7.31. The van der Waals surface area contributed by atoms with E-state index in [1.165, 1.54) is 22.8 Å². The van der Waals surface area contributed by atoms with Crippen molar-refractivity contribution in [3.05, 3.63) is 93.4 Å². The lowest BCUT2D eigenvalue weighted by atomic mass is 10.2. The molecular formula is C22H19F3N6O3. The zero-order valence-electron chi connectivity index (χ0n) is 18.2. The number of hydrogen-bond acceptors (Lipinski definition) is 6. The van der Waals surface area contributed by atoms with Gasteiger partial charge in [0, 0.05) is 17.2 Å². The number of aryl methyl sites for hydroxylation is 1. The number of halogens is 3. The minimum Gasteiger partial charge on any atom is -0.460 e. The van der Waals surface area contributed by atoms with Crippen molar-refractivity contribution in [2.45, 2.75) is 26.9 Å². The van der Waals surface area contributed by atoms with E-state index in [2.05, 4.69) is 15.3 Å². The lowest BCUT2D eigenvalue weighted by Crippen LogP contribution is -2.25. The SMILES string of the molecule is CCOC(=O)c1nnc(C)n1Cc1ccc(-n2ncn(Cc3c(F)cccc3F)c2=O)cc1F. The summed E-state index contributed by atoms with van der Waals surface area (Å²) in [5, 5.41) is 11.6. The topological polar surface area (TPSA) is 96.8 Å². The van der Waals surface area contributed by atoms with Crippen molar-refractivity contribution >= 4 is 5.97 Å². The van der Waals surface area contributed by atoms with Crippen molar-refractivity contribution < 1.29 is 22.7 Å². The van der Waals surface area contributed by atoms with Gasteiger partial charge in [0.05, 0.1) is 25.4 Å². The molecule has 4 rings (SSSR count). The number of nitrogens with zero attached hydrogens (tertiary/aromatic N) is 6. The first-order chi connectivity index (χ1) is 16.3. The second kappa shape index (κ2) is 9.33. The maximum atomic E-state index is 14.9. The highest BCUT2D eigenvalue weighted by molar-refractivity contribution is 5.85. The van der Waals surface area contributed by atoms with Gasteiger partial charge in [-0.2, -0.15) is 9.78 Å². The van der Waals surface area contributed by atoms with Crippen LogP contribution in [0.2, 0.25) is 0 Å². The minimum absolute atomic E-state index is 0.0466. The van der Waals surface area contributed by atoms with Gasteiger partial charge in [-0.3, -0.25) is 4.57 Å². The van der Waals surface area contributed by atoms with Gasteiger partial charge in [-0.1, -0.05) is 12.1 Å². The summed E-state index contributed by atoms with van der Waals surface area (Å²) >= 11 is 0. The molecule has 0 saturated carbocycles. The Bertz CT molecular complexity index is 1410. The van der Waals surface area contributed by atoms with Crippen molar-refractivity contribution in [2.75, 3.05) is 6.61 Å². The van der Waals surface area contributed by atoms with Crippen LogP contribution in [0.25, 0.3) is 5.69 Å². The molecule has 2 heterocycles. The highest BCUT2D eigenvalue weighted by atomic mass is 19.1. The van der Waals surface area contributed by atoms with E-state index >= 15 is 0 Å². The normalized spacial score (nSPS) is 11.1. The quantitative estimate of drug-likeness (QED) is 0.384. The van der Waals surface area contributed by atoms with Crippen molar-refractivity contribution in [2.24, 2.45) is 0 Å². The highest BCUT2D eigenvalue weighted by Gasteiger charge is 2.20. The molecule has 0 bridgehead atoms. The molecule has 0 saturated heterocycles. The van der Waals surface area contributed by atoms with E-state index in [1.54, 1.807) is 13.8 Å². The van der Waals surface area contributed by atoms with Crippen LogP contribution in [0.4, 0.5) is 13.2 Å². The van der Waals surface area contributed by atoms with Crippen molar-refractivity contribution in [3.63, 3.8) is 0 Å². The molecule has 9 nitrogen and oxygen atoms in total. The molecule has 4 aromatic rings. The zero-order chi connectivity index (χ0) is 24.4. The summed E-state index contributed by atoms with van der Waals surface area (Å²) in [6, 6.07) is 7.40. The number of benzene rings is 2. The third-order valence-electron chi connectivity index (χ3n) is 5.13. The van der Waals surface area contributed by atoms with Crippen molar-refractivity contribution in [1.82, 2.24) is 29.1 Å². The first-order valence-electron chi connectivity index (χ1n) is 10.2. The Balaban J connectivity index is 1.60. The van der Waals surface area contributed by atoms with Crippen molar-refractivity contribution in [3.8, 4) is 5.69 Å². The summed E-state index contributed by atoms with van der Waals surface area (Å²) in [7, 11) is 0. The van der Waals surface area contributed by atoms with Crippen LogP contribution >= 0.6 is 0 Å². The van der Waals surface area contributed by atoms with Gasteiger partial charge in [-0.15, -0.1) is 10.2 Å². The van der Waals surface area contributed by atoms with Gasteiger partial charge in [0.15, 0.2) is 0 Å². The van der Waals surface area contributed by atoms with Gasteiger partial charge < -0.3 is 9.30 Å². The molecule has 2 aromatic heterocycles. The molecule has 0 unspecified atom stereocenters. The summed E-state index contributed by atoms with van der Waals surface area (Å²) in [6.07, 6.45) is 1.12. The molecule has 2 aromatic carbocycles. The van der Waals surface area contributed by atoms with Gasteiger partial charge in [0.25, 0.3) is 0 Å². The summed E-state index contributed by atoms with van der Waals surface area (Å²) in [5.74, 6) is -2.59. The fourth-order valence-electron chi connectivity index (χ4n) is 3.36. The molecule has 0 N–H and O–H groups in total. The lowest BCUT2D eigenvalue weighted by molar-refractivity contribution is 0.0506. The van der Waals surface area contributed by atoms with E-state index < -0.39 is 29.1 Å². The largest absolute Gasteiger partial charge is 0.460 e. The molecule has 12 heteroatoms. The number of rotatable bonds is 7. The van der Waals surface area contributed by atoms with Crippen LogP contribution in [0.1, 0.15) is 34.5 Å². The van der Waals surface area contributed by atoms with Crippen LogP contribution in [0.15, 0.2) is 47.5 Å². The fraction of sp³-hybridized carbons (Fsp3) is 0.227. The number of ether oxygens (including phenoxy) is 1. The van der Waals surface area contributed by atoms with Gasteiger partial charge in [0.2, 0.25) is 5.82 Å². The van der Waals surface area contributed by atoms with E-state index in [-0.39, 0.29) is 42.3 Å². The van der Waals surface area contributed by atoms with E-state index in [4.69, 9.17) is 4.74 Å². The van der Waals surface area contributed by atoms with Gasteiger partial charge in [-0.25, -0.2) is 22.8 Å². The molecule has 34 heavy (non-hydrogen) atoms. The van der Waals surface area contributed by atoms with Gasteiger partial charge in [0.1, 0.15) is 29.6 Å². The number of carbonyl (C=O) groups is 1. The van der Waals surface area contributed by atoms with E-state index in [9.17, 15) is 22.8 Å². The summed E-state index contributed by atoms with van der Waals surface area (Å²) in [5.41, 5.74) is -0.662. The number of carbonyl (C=O) groups excluding carboxylic acids is 1. The Morgan fingerprint density at radius 2 is 1.76 bits per heavy atom. The molecule has 176 valence electrons. The molecule has 0 aliphatic rings. The van der Waals surface area contributed by atoms with Crippen molar-refractivity contribution in [1.29, 1.82) is 0 Å². The van der Waals surface area contributed by atoms with E-state index in [0.29, 0.717) is 5.82 Å². The molecule has 0 atom stereocenters. The average Bonchev–Trinajstić information content (AvgIpc) is 3.35. The fourth-order valence-corrected chi connectivity index (χ4v) is 3.36. The lowest BCUT2D eigenvalue weighted by Gasteiger charge is -2.10. The Morgan fingerprint density at radius 3 is 2.44 bits per heavy atom. The van der Waals surface area contributed by atoms with Crippen LogP contribution in [-0.2, 0) is 17.8 Å².